The van der Waals surface area contributed by atoms with E-state index in [4.69, 9.17) is 4.98 Å². The van der Waals surface area contributed by atoms with Crippen LogP contribution in [-0.2, 0) is 6.42 Å². The summed E-state index contributed by atoms with van der Waals surface area (Å²) in [5.74, 6) is 0.646. The molecule has 5 heteroatoms. The number of carbonyl (C=O) groups is 1. The molecule has 1 aromatic carbocycles. The van der Waals surface area contributed by atoms with Crippen molar-refractivity contribution < 1.29 is 4.79 Å². The zero-order chi connectivity index (χ0) is 17.1. The summed E-state index contributed by atoms with van der Waals surface area (Å²) in [4.78, 5) is 25.6. The number of nitrogens with one attached hydrogen (secondary N) is 1. The Labute approximate surface area is 146 Å². The monoisotopic (exact) mass is 330 g/mol. The molecule has 1 atom stereocenters. The predicted molar refractivity (Wildman–Crippen MR) is 94.9 cm³/mol. The van der Waals surface area contributed by atoms with E-state index in [1.165, 1.54) is 0 Å². The topological polar surface area (TPSA) is 67.8 Å². The van der Waals surface area contributed by atoms with Gasteiger partial charge in [0.05, 0.1) is 6.04 Å². The summed E-state index contributed by atoms with van der Waals surface area (Å²) in [5, 5.41) is 3.10. The Kier molecular flexibility index (Phi) is 4.21. The zero-order valence-corrected chi connectivity index (χ0v) is 13.7. The van der Waals surface area contributed by atoms with Crippen LogP contribution in [0.2, 0.25) is 0 Å². The second kappa shape index (κ2) is 6.81. The maximum atomic E-state index is 12.4. The van der Waals surface area contributed by atoms with Gasteiger partial charge in [0, 0.05) is 41.0 Å². The van der Waals surface area contributed by atoms with E-state index in [9.17, 15) is 4.79 Å². The van der Waals surface area contributed by atoms with Gasteiger partial charge in [0.2, 0.25) is 0 Å². The van der Waals surface area contributed by atoms with Crippen LogP contribution in [0, 0.1) is 0 Å². The van der Waals surface area contributed by atoms with Crippen LogP contribution in [0.15, 0.2) is 61.1 Å². The molecule has 1 amide bonds. The molecule has 4 rings (SSSR count). The van der Waals surface area contributed by atoms with E-state index in [-0.39, 0.29) is 11.9 Å². The van der Waals surface area contributed by atoms with E-state index in [1.807, 2.05) is 36.5 Å². The second-order valence-corrected chi connectivity index (χ2v) is 6.12. The van der Waals surface area contributed by atoms with Gasteiger partial charge in [0.25, 0.3) is 5.91 Å². The molecule has 1 aliphatic rings. The quantitative estimate of drug-likeness (QED) is 0.800. The van der Waals surface area contributed by atoms with Gasteiger partial charge in [-0.3, -0.25) is 9.78 Å². The Balaban J connectivity index is 1.59. The number of pyridine rings is 1. The molecular weight excluding hydrogens is 312 g/mol. The first-order valence-electron chi connectivity index (χ1n) is 8.43. The number of rotatable bonds is 3. The van der Waals surface area contributed by atoms with Crippen molar-refractivity contribution in [2.24, 2.45) is 0 Å². The van der Waals surface area contributed by atoms with Gasteiger partial charge in [-0.25, -0.2) is 9.97 Å². The maximum Gasteiger partial charge on any atom is 0.251 e. The highest BCUT2D eigenvalue weighted by Gasteiger charge is 2.24. The van der Waals surface area contributed by atoms with Crippen molar-refractivity contribution >= 4 is 5.91 Å². The van der Waals surface area contributed by atoms with E-state index < -0.39 is 0 Å². The minimum Gasteiger partial charge on any atom is -0.345 e. The summed E-state index contributed by atoms with van der Waals surface area (Å²) in [6, 6.07) is 13.3. The van der Waals surface area contributed by atoms with Gasteiger partial charge < -0.3 is 5.32 Å². The minimum absolute atomic E-state index is 0.0470. The molecule has 3 aromatic rings. The Morgan fingerprint density at radius 1 is 1.08 bits per heavy atom. The molecular formula is C20H18N4O. The van der Waals surface area contributed by atoms with Gasteiger partial charge in [-0.1, -0.05) is 30.3 Å². The molecule has 5 nitrogen and oxygen atoms in total. The van der Waals surface area contributed by atoms with Crippen molar-refractivity contribution in [3.05, 3.63) is 77.9 Å². The third-order valence-corrected chi connectivity index (χ3v) is 4.46. The number of benzene rings is 1. The molecule has 0 spiro atoms. The molecule has 25 heavy (non-hydrogen) atoms. The predicted octanol–water partition coefficient (Wildman–Crippen LogP) is 3.35. The summed E-state index contributed by atoms with van der Waals surface area (Å²) in [7, 11) is 0. The van der Waals surface area contributed by atoms with Gasteiger partial charge in [-0.15, -0.1) is 0 Å². The van der Waals surface area contributed by atoms with Gasteiger partial charge in [0.15, 0.2) is 5.82 Å². The van der Waals surface area contributed by atoms with Gasteiger partial charge in [-0.05, 0) is 31.4 Å². The lowest BCUT2D eigenvalue weighted by atomic mass is 9.92. The highest BCUT2D eigenvalue weighted by molar-refractivity contribution is 5.94. The molecule has 0 saturated heterocycles. The van der Waals surface area contributed by atoms with Crippen LogP contribution in [-0.4, -0.2) is 20.9 Å². The average Bonchev–Trinajstić information content (AvgIpc) is 2.69. The molecule has 1 aliphatic carbocycles. The Bertz CT molecular complexity index is 881. The summed E-state index contributed by atoms with van der Waals surface area (Å²) in [6.45, 7) is 0. The number of hydrogen-bond donors (Lipinski definition) is 1. The fourth-order valence-corrected chi connectivity index (χ4v) is 3.17. The molecule has 0 radical (unpaired) electrons. The fourth-order valence-electron chi connectivity index (χ4n) is 3.17. The van der Waals surface area contributed by atoms with Crippen LogP contribution in [0.4, 0.5) is 0 Å². The summed E-state index contributed by atoms with van der Waals surface area (Å²) >= 11 is 0. The fraction of sp³-hybridized carbons (Fsp3) is 0.200. The lowest BCUT2D eigenvalue weighted by Gasteiger charge is -2.25. The Morgan fingerprint density at radius 2 is 1.88 bits per heavy atom. The van der Waals surface area contributed by atoms with Crippen LogP contribution in [0.25, 0.3) is 11.4 Å². The van der Waals surface area contributed by atoms with E-state index >= 15 is 0 Å². The number of aryl methyl sites for hydroxylation is 1. The first kappa shape index (κ1) is 15.4. The lowest BCUT2D eigenvalue weighted by Crippen LogP contribution is -2.31. The van der Waals surface area contributed by atoms with Crippen molar-refractivity contribution in [3.8, 4) is 11.4 Å². The van der Waals surface area contributed by atoms with Crippen molar-refractivity contribution in [1.29, 1.82) is 0 Å². The second-order valence-electron chi connectivity index (χ2n) is 6.12. The summed E-state index contributed by atoms with van der Waals surface area (Å²) < 4.78 is 0. The Hall–Kier alpha value is -3.08. The number of carbonyl (C=O) groups excluding carboxylic acids is 1. The van der Waals surface area contributed by atoms with Crippen LogP contribution >= 0.6 is 0 Å². The molecule has 0 unspecified atom stereocenters. The van der Waals surface area contributed by atoms with Crippen molar-refractivity contribution in [3.63, 3.8) is 0 Å². The summed E-state index contributed by atoms with van der Waals surface area (Å²) in [5.41, 5.74) is 3.67. The molecule has 124 valence electrons. The smallest absolute Gasteiger partial charge is 0.251 e. The van der Waals surface area contributed by atoms with E-state index in [0.717, 1.165) is 41.9 Å². The highest BCUT2D eigenvalue weighted by atomic mass is 16.1. The molecule has 0 aliphatic heterocycles. The SMILES string of the molecule is O=C(N[C@H]1CCCc2nc(-c3ccccc3)ncc21)c1ccncc1. The van der Waals surface area contributed by atoms with Crippen LogP contribution < -0.4 is 5.32 Å². The minimum atomic E-state index is -0.0904. The maximum absolute atomic E-state index is 12.4. The van der Waals surface area contributed by atoms with E-state index in [0.29, 0.717) is 5.56 Å². The van der Waals surface area contributed by atoms with Crippen LogP contribution in [0.1, 0.15) is 40.5 Å². The molecule has 0 saturated carbocycles. The van der Waals surface area contributed by atoms with E-state index in [2.05, 4.69) is 15.3 Å². The van der Waals surface area contributed by atoms with Crippen LogP contribution in [0.3, 0.4) is 0 Å². The number of nitrogens with zero attached hydrogens (tertiary/aromatic N) is 3. The molecule has 2 aromatic heterocycles. The number of hydrogen-bond acceptors (Lipinski definition) is 4. The first-order valence-corrected chi connectivity index (χ1v) is 8.43. The normalized spacial score (nSPS) is 16.1. The first-order chi connectivity index (χ1) is 12.3. The number of fused-ring (bicyclic) bond motifs is 1. The molecule has 0 bridgehead atoms. The molecule has 0 fully saturated rings. The van der Waals surface area contributed by atoms with Gasteiger partial charge >= 0.3 is 0 Å². The third kappa shape index (κ3) is 3.26. The van der Waals surface area contributed by atoms with Gasteiger partial charge in [-0.2, -0.15) is 0 Å². The van der Waals surface area contributed by atoms with Crippen molar-refractivity contribution in [2.75, 3.05) is 0 Å². The number of aromatic nitrogens is 3. The zero-order valence-electron chi connectivity index (χ0n) is 13.7. The van der Waals surface area contributed by atoms with E-state index in [1.54, 1.807) is 24.5 Å². The highest BCUT2D eigenvalue weighted by Crippen LogP contribution is 2.29. The van der Waals surface area contributed by atoms with Gasteiger partial charge in [0.1, 0.15) is 0 Å². The average molecular weight is 330 g/mol. The standard InChI is InChI=1S/C20H18N4O/c25-20(15-9-11-21-12-10-15)24-18-8-4-7-17-16(18)13-22-19(23-17)14-5-2-1-3-6-14/h1-3,5-6,9-13,18H,4,7-8H2,(H,24,25)/t18-/m0/s1. The van der Waals surface area contributed by atoms with Crippen molar-refractivity contribution in [2.45, 2.75) is 25.3 Å². The molecule has 2 heterocycles. The Morgan fingerprint density at radius 3 is 2.68 bits per heavy atom. The summed E-state index contributed by atoms with van der Waals surface area (Å²) in [6.07, 6.45) is 7.93. The third-order valence-electron chi connectivity index (χ3n) is 4.46. The van der Waals surface area contributed by atoms with Crippen molar-refractivity contribution in [1.82, 2.24) is 20.3 Å². The lowest BCUT2D eigenvalue weighted by molar-refractivity contribution is 0.0932. The molecule has 1 N–H and O–H groups in total. The number of amides is 1. The van der Waals surface area contributed by atoms with Crippen LogP contribution in [0.5, 0.6) is 0 Å². The largest absolute Gasteiger partial charge is 0.345 e.